The van der Waals surface area contributed by atoms with Crippen molar-refractivity contribution in [1.29, 1.82) is 0 Å². The van der Waals surface area contributed by atoms with Gasteiger partial charge in [0.25, 0.3) is 0 Å². The maximum atomic E-state index is 5.29. The first-order valence-electron chi connectivity index (χ1n) is 5.28. The normalized spacial score (nSPS) is 12.9. The van der Waals surface area contributed by atoms with E-state index in [2.05, 4.69) is 45.0 Å². The Labute approximate surface area is 108 Å². The minimum atomic E-state index is 0.313. The van der Waals surface area contributed by atoms with Crippen LogP contribution < -0.4 is 5.32 Å². The predicted octanol–water partition coefficient (Wildman–Crippen LogP) is 4.00. The highest BCUT2D eigenvalue weighted by Gasteiger charge is 2.16. The SMILES string of the molecule is CCNC(Cc1ccsc1)c1ccoc1Br. The Hall–Kier alpha value is -0.580. The number of hydrogen-bond donors (Lipinski definition) is 1. The van der Waals surface area contributed by atoms with Crippen molar-refractivity contribution in [3.63, 3.8) is 0 Å². The number of hydrogen-bond acceptors (Lipinski definition) is 3. The molecule has 2 nitrogen and oxygen atoms in total. The van der Waals surface area contributed by atoms with Gasteiger partial charge in [0.15, 0.2) is 4.67 Å². The van der Waals surface area contributed by atoms with Crippen LogP contribution >= 0.6 is 27.3 Å². The van der Waals surface area contributed by atoms with Crippen molar-refractivity contribution >= 4 is 27.3 Å². The van der Waals surface area contributed by atoms with Gasteiger partial charge in [-0.1, -0.05) is 6.92 Å². The first-order chi connectivity index (χ1) is 7.81. The molecule has 0 aliphatic rings. The quantitative estimate of drug-likeness (QED) is 0.903. The van der Waals surface area contributed by atoms with Crippen LogP contribution in [0, 0.1) is 0 Å². The molecule has 0 aliphatic carbocycles. The van der Waals surface area contributed by atoms with Crippen LogP contribution in [0.3, 0.4) is 0 Å². The van der Waals surface area contributed by atoms with E-state index in [9.17, 15) is 0 Å². The molecular formula is C12H14BrNOS. The molecule has 0 radical (unpaired) electrons. The molecular weight excluding hydrogens is 286 g/mol. The van der Waals surface area contributed by atoms with Crippen molar-refractivity contribution in [2.75, 3.05) is 6.54 Å². The second kappa shape index (κ2) is 5.66. The Morgan fingerprint density at radius 2 is 2.38 bits per heavy atom. The fourth-order valence-corrected chi connectivity index (χ4v) is 2.93. The lowest BCUT2D eigenvalue weighted by Gasteiger charge is -2.16. The van der Waals surface area contributed by atoms with Crippen LogP contribution in [0.2, 0.25) is 0 Å². The van der Waals surface area contributed by atoms with E-state index in [0.717, 1.165) is 17.6 Å². The molecule has 4 heteroatoms. The second-order valence-corrected chi connectivity index (χ2v) is 5.10. The average molecular weight is 300 g/mol. The smallest absolute Gasteiger partial charge is 0.173 e. The fraction of sp³-hybridized carbons (Fsp3) is 0.333. The Balaban J connectivity index is 2.14. The minimum Gasteiger partial charge on any atom is -0.457 e. The molecule has 1 atom stereocenters. The van der Waals surface area contributed by atoms with Crippen LogP contribution in [-0.2, 0) is 6.42 Å². The van der Waals surface area contributed by atoms with Gasteiger partial charge in [0.2, 0.25) is 0 Å². The number of nitrogens with one attached hydrogen (secondary N) is 1. The predicted molar refractivity (Wildman–Crippen MR) is 70.8 cm³/mol. The lowest BCUT2D eigenvalue weighted by atomic mass is 10.0. The molecule has 0 fully saturated rings. The van der Waals surface area contributed by atoms with Crippen molar-refractivity contribution in [1.82, 2.24) is 5.32 Å². The fourth-order valence-electron chi connectivity index (χ4n) is 1.74. The molecule has 0 aliphatic heterocycles. The minimum absolute atomic E-state index is 0.313. The van der Waals surface area contributed by atoms with E-state index in [4.69, 9.17) is 4.42 Å². The van der Waals surface area contributed by atoms with Gasteiger partial charge < -0.3 is 9.73 Å². The van der Waals surface area contributed by atoms with Gasteiger partial charge in [0.1, 0.15) is 0 Å². The van der Waals surface area contributed by atoms with E-state index in [1.165, 1.54) is 11.1 Å². The van der Waals surface area contributed by atoms with E-state index >= 15 is 0 Å². The third-order valence-electron chi connectivity index (χ3n) is 2.49. The van der Waals surface area contributed by atoms with E-state index in [1.807, 2.05) is 6.07 Å². The van der Waals surface area contributed by atoms with E-state index in [1.54, 1.807) is 17.6 Å². The second-order valence-electron chi connectivity index (χ2n) is 3.60. The number of furan rings is 1. The van der Waals surface area contributed by atoms with E-state index in [0.29, 0.717) is 6.04 Å². The van der Waals surface area contributed by atoms with Crippen molar-refractivity contribution in [3.8, 4) is 0 Å². The molecule has 0 amide bonds. The highest BCUT2D eigenvalue weighted by molar-refractivity contribution is 9.10. The molecule has 2 aromatic heterocycles. The molecule has 0 saturated carbocycles. The summed E-state index contributed by atoms with van der Waals surface area (Å²) in [7, 11) is 0. The van der Waals surface area contributed by atoms with Crippen LogP contribution in [0.4, 0.5) is 0 Å². The summed E-state index contributed by atoms with van der Waals surface area (Å²) >= 11 is 5.18. The highest BCUT2D eigenvalue weighted by atomic mass is 79.9. The summed E-state index contributed by atoms with van der Waals surface area (Å²) in [5, 5.41) is 7.79. The molecule has 2 heterocycles. The van der Waals surface area contributed by atoms with Gasteiger partial charge in [-0.15, -0.1) is 0 Å². The largest absolute Gasteiger partial charge is 0.457 e. The van der Waals surface area contributed by atoms with Crippen LogP contribution in [0.25, 0.3) is 0 Å². The Bertz CT molecular complexity index is 424. The summed E-state index contributed by atoms with van der Waals surface area (Å²) in [5.41, 5.74) is 2.55. The molecule has 16 heavy (non-hydrogen) atoms. The van der Waals surface area contributed by atoms with Gasteiger partial charge in [-0.05, 0) is 57.4 Å². The van der Waals surface area contributed by atoms with Crippen molar-refractivity contribution in [2.45, 2.75) is 19.4 Å². The van der Waals surface area contributed by atoms with Crippen LogP contribution in [0.1, 0.15) is 24.1 Å². The summed E-state index contributed by atoms with van der Waals surface area (Å²) in [6, 6.07) is 4.50. The van der Waals surface area contributed by atoms with Crippen molar-refractivity contribution in [3.05, 3.63) is 45.0 Å². The van der Waals surface area contributed by atoms with Gasteiger partial charge in [-0.3, -0.25) is 0 Å². The Morgan fingerprint density at radius 1 is 1.50 bits per heavy atom. The lowest BCUT2D eigenvalue weighted by Crippen LogP contribution is -2.22. The van der Waals surface area contributed by atoms with Gasteiger partial charge >= 0.3 is 0 Å². The summed E-state index contributed by atoms with van der Waals surface area (Å²) in [4.78, 5) is 0. The summed E-state index contributed by atoms with van der Waals surface area (Å²) in [6.07, 6.45) is 2.72. The van der Waals surface area contributed by atoms with Crippen molar-refractivity contribution in [2.24, 2.45) is 0 Å². The molecule has 1 unspecified atom stereocenters. The van der Waals surface area contributed by atoms with Crippen LogP contribution in [-0.4, -0.2) is 6.54 Å². The summed E-state index contributed by atoms with van der Waals surface area (Å²) in [5.74, 6) is 0. The Morgan fingerprint density at radius 3 is 2.94 bits per heavy atom. The van der Waals surface area contributed by atoms with Crippen LogP contribution in [0.15, 0.2) is 38.2 Å². The van der Waals surface area contributed by atoms with Gasteiger partial charge in [-0.2, -0.15) is 11.3 Å². The third kappa shape index (κ3) is 2.75. The zero-order valence-electron chi connectivity index (χ0n) is 9.07. The molecule has 0 aromatic carbocycles. The first-order valence-corrected chi connectivity index (χ1v) is 7.02. The summed E-state index contributed by atoms with van der Waals surface area (Å²) in [6.45, 7) is 3.07. The number of rotatable bonds is 5. The molecule has 1 N–H and O–H groups in total. The maximum absolute atomic E-state index is 5.29. The molecule has 0 saturated heterocycles. The first kappa shape index (κ1) is 11.9. The standard InChI is InChI=1S/C12H14BrNOS/c1-2-14-11(7-9-4-6-16-8-9)10-3-5-15-12(10)13/h3-6,8,11,14H,2,7H2,1H3. The average Bonchev–Trinajstić information content (AvgIpc) is 2.88. The van der Waals surface area contributed by atoms with E-state index in [-0.39, 0.29) is 0 Å². The molecule has 0 spiro atoms. The van der Waals surface area contributed by atoms with Crippen LogP contribution in [0.5, 0.6) is 0 Å². The topological polar surface area (TPSA) is 25.2 Å². The number of likely N-dealkylation sites (N-methyl/N-ethyl adjacent to an activating group) is 1. The van der Waals surface area contributed by atoms with Gasteiger partial charge in [-0.25, -0.2) is 0 Å². The monoisotopic (exact) mass is 299 g/mol. The van der Waals surface area contributed by atoms with E-state index < -0.39 is 0 Å². The lowest BCUT2D eigenvalue weighted by molar-refractivity contribution is 0.507. The van der Waals surface area contributed by atoms with Crippen molar-refractivity contribution < 1.29 is 4.42 Å². The molecule has 2 aromatic rings. The Kier molecular flexibility index (Phi) is 4.21. The highest BCUT2D eigenvalue weighted by Crippen LogP contribution is 2.27. The maximum Gasteiger partial charge on any atom is 0.173 e. The molecule has 0 bridgehead atoms. The summed E-state index contributed by atoms with van der Waals surface area (Å²) < 4.78 is 6.12. The van der Waals surface area contributed by atoms with Gasteiger partial charge in [0.05, 0.1) is 6.26 Å². The number of halogens is 1. The zero-order chi connectivity index (χ0) is 11.4. The molecule has 2 rings (SSSR count). The van der Waals surface area contributed by atoms with Gasteiger partial charge in [0, 0.05) is 11.6 Å². The molecule has 86 valence electrons. The third-order valence-corrected chi connectivity index (χ3v) is 3.87. The number of thiophene rings is 1. The zero-order valence-corrected chi connectivity index (χ0v) is 11.5.